The van der Waals surface area contributed by atoms with Gasteiger partial charge in [0.2, 0.25) is 0 Å². The van der Waals surface area contributed by atoms with Crippen LogP contribution in [0.1, 0.15) is 33.7 Å². The number of piperidine rings is 1. The molecular weight excluding hydrogens is 421 g/mol. The number of aromatic nitrogens is 2. The number of aromatic amines is 1. The molecule has 1 aliphatic rings. The average molecular weight is 440 g/mol. The van der Waals surface area contributed by atoms with Gasteiger partial charge in [0.15, 0.2) is 5.69 Å². The highest BCUT2D eigenvalue weighted by atomic mass is 35.5. The molecule has 0 aliphatic carbocycles. The van der Waals surface area contributed by atoms with Gasteiger partial charge < -0.3 is 20.3 Å². The number of H-pyrrole nitrogens is 1. The molecule has 1 saturated heterocycles. The molecule has 11 heteroatoms. The van der Waals surface area contributed by atoms with Crippen LogP contribution in [-0.2, 0) is 4.74 Å². The lowest BCUT2D eigenvalue weighted by Crippen LogP contribution is -2.46. The van der Waals surface area contributed by atoms with Crippen LogP contribution >= 0.6 is 23.2 Å². The normalized spacial score (nSPS) is 14.4. The van der Waals surface area contributed by atoms with Crippen LogP contribution in [0.4, 0.5) is 10.5 Å². The summed E-state index contributed by atoms with van der Waals surface area (Å²) in [6.07, 6.45) is 2.19. The Hall–Kier alpha value is -2.78. The fourth-order valence-electron chi connectivity index (χ4n) is 3.05. The van der Waals surface area contributed by atoms with Crippen LogP contribution in [0.5, 0.6) is 0 Å². The van der Waals surface area contributed by atoms with E-state index in [1.54, 1.807) is 23.1 Å². The van der Waals surface area contributed by atoms with Crippen molar-refractivity contribution in [2.45, 2.75) is 18.9 Å². The third kappa shape index (κ3) is 4.80. The molecule has 1 aliphatic heterocycles. The van der Waals surface area contributed by atoms with Gasteiger partial charge in [-0.15, -0.1) is 0 Å². The highest BCUT2D eigenvalue weighted by Gasteiger charge is 2.26. The van der Waals surface area contributed by atoms with E-state index in [1.807, 2.05) is 0 Å². The molecule has 3 N–H and O–H groups in total. The Kier molecular flexibility index (Phi) is 6.60. The summed E-state index contributed by atoms with van der Waals surface area (Å²) in [5.74, 6) is -0.995. The number of carbonyl (C=O) groups is 3. The lowest BCUT2D eigenvalue weighted by Gasteiger charge is -2.31. The molecule has 3 rings (SSSR count). The first-order valence-electron chi connectivity index (χ1n) is 8.83. The minimum atomic E-state index is -0.553. The molecule has 0 radical (unpaired) electrons. The lowest BCUT2D eigenvalue weighted by atomic mass is 10.1. The molecule has 29 heavy (non-hydrogen) atoms. The Morgan fingerprint density at radius 1 is 1.17 bits per heavy atom. The molecular formula is C18H19Cl2N5O4. The van der Waals surface area contributed by atoms with E-state index in [0.29, 0.717) is 25.9 Å². The maximum Gasteiger partial charge on any atom is 0.409 e. The summed E-state index contributed by atoms with van der Waals surface area (Å²) in [4.78, 5) is 38.3. The number of methoxy groups -OCH3 is 1. The molecule has 9 nitrogen and oxygen atoms in total. The molecule has 1 aromatic heterocycles. The van der Waals surface area contributed by atoms with Gasteiger partial charge in [0, 0.05) is 25.3 Å². The summed E-state index contributed by atoms with van der Waals surface area (Å²) in [5, 5.41) is 12.4. The van der Waals surface area contributed by atoms with Crippen molar-refractivity contribution in [1.29, 1.82) is 0 Å². The van der Waals surface area contributed by atoms with E-state index < -0.39 is 11.8 Å². The van der Waals surface area contributed by atoms with E-state index in [-0.39, 0.29) is 39.1 Å². The smallest absolute Gasteiger partial charge is 0.409 e. The van der Waals surface area contributed by atoms with Crippen LogP contribution in [0.2, 0.25) is 10.0 Å². The molecule has 0 bridgehead atoms. The number of nitrogens with zero attached hydrogens (tertiary/aromatic N) is 2. The first kappa shape index (κ1) is 20.9. The molecule has 2 heterocycles. The molecule has 0 saturated carbocycles. The van der Waals surface area contributed by atoms with Gasteiger partial charge in [-0.2, -0.15) is 5.10 Å². The van der Waals surface area contributed by atoms with Gasteiger partial charge in [-0.1, -0.05) is 29.3 Å². The molecule has 0 atom stereocenters. The Morgan fingerprint density at radius 3 is 2.45 bits per heavy atom. The largest absolute Gasteiger partial charge is 0.453 e. The minimum absolute atomic E-state index is 0.0388. The van der Waals surface area contributed by atoms with Gasteiger partial charge in [0.1, 0.15) is 0 Å². The van der Waals surface area contributed by atoms with E-state index >= 15 is 0 Å². The van der Waals surface area contributed by atoms with Crippen molar-refractivity contribution in [2.75, 3.05) is 25.5 Å². The quantitative estimate of drug-likeness (QED) is 0.676. The highest BCUT2D eigenvalue weighted by Crippen LogP contribution is 2.25. The molecule has 1 aromatic carbocycles. The third-order valence-corrected chi connectivity index (χ3v) is 5.19. The molecule has 0 unspecified atom stereocenters. The van der Waals surface area contributed by atoms with Crippen LogP contribution < -0.4 is 10.6 Å². The number of anilines is 1. The highest BCUT2D eigenvalue weighted by molar-refractivity contribution is 6.40. The van der Waals surface area contributed by atoms with Gasteiger partial charge >= 0.3 is 6.09 Å². The average Bonchev–Trinajstić information content (AvgIpc) is 3.16. The van der Waals surface area contributed by atoms with E-state index in [2.05, 4.69) is 20.8 Å². The topological polar surface area (TPSA) is 116 Å². The van der Waals surface area contributed by atoms with Crippen LogP contribution in [0.15, 0.2) is 24.4 Å². The maximum absolute atomic E-state index is 12.6. The van der Waals surface area contributed by atoms with Crippen LogP contribution in [0.25, 0.3) is 0 Å². The Balaban J connectivity index is 1.63. The van der Waals surface area contributed by atoms with Crippen molar-refractivity contribution in [3.05, 3.63) is 45.7 Å². The van der Waals surface area contributed by atoms with Gasteiger partial charge in [-0.05, 0) is 25.0 Å². The minimum Gasteiger partial charge on any atom is -0.453 e. The van der Waals surface area contributed by atoms with E-state index in [1.165, 1.54) is 13.3 Å². The summed E-state index contributed by atoms with van der Waals surface area (Å²) >= 11 is 12.1. The molecule has 3 amide bonds. The summed E-state index contributed by atoms with van der Waals surface area (Å²) in [5.41, 5.74) is 0.353. The first-order valence-corrected chi connectivity index (χ1v) is 9.59. The number of rotatable bonds is 4. The number of likely N-dealkylation sites (tertiary alicyclic amines) is 1. The summed E-state index contributed by atoms with van der Waals surface area (Å²) < 4.78 is 4.70. The van der Waals surface area contributed by atoms with Gasteiger partial charge in [-0.25, -0.2) is 4.79 Å². The standard InChI is InChI=1S/C18H19Cl2N5O4/c1-29-18(28)25-7-5-10(6-8-25)22-17(27)15-13(9-21-24-15)23-16(26)14-11(19)3-2-4-12(14)20/h2-4,9-10H,5-8H2,1H3,(H,21,24)(H,22,27)(H,23,26). The third-order valence-electron chi connectivity index (χ3n) is 4.56. The number of ether oxygens (including phenoxy) is 1. The number of benzene rings is 1. The van der Waals surface area contributed by atoms with E-state index in [4.69, 9.17) is 27.9 Å². The van der Waals surface area contributed by atoms with Crippen molar-refractivity contribution < 1.29 is 19.1 Å². The van der Waals surface area contributed by atoms with Crippen molar-refractivity contribution in [3.63, 3.8) is 0 Å². The SMILES string of the molecule is COC(=O)N1CCC(NC(=O)c2n[nH]cc2NC(=O)c2c(Cl)cccc2Cl)CC1. The van der Waals surface area contributed by atoms with Crippen molar-refractivity contribution in [2.24, 2.45) is 0 Å². The summed E-state index contributed by atoms with van der Waals surface area (Å²) in [7, 11) is 1.33. The van der Waals surface area contributed by atoms with Gasteiger partial charge in [0.05, 0.1) is 28.4 Å². The Morgan fingerprint density at radius 2 is 1.83 bits per heavy atom. The fraction of sp³-hybridized carbons (Fsp3) is 0.333. The second-order valence-corrected chi connectivity index (χ2v) is 7.22. The van der Waals surface area contributed by atoms with Gasteiger partial charge in [-0.3, -0.25) is 14.7 Å². The number of amides is 3. The summed E-state index contributed by atoms with van der Waals surface area (Å²) in [6.45, 7) is 0.958. The van der Waals surface area contributed by atoms with Crippen LogP contribution in [0.3, 0.4) is 0 Å². The fourth-order valence-corrected chi connectivity index (χ4v) is 3.62. The number of carbonyl (C=O) groups excluding carboxylic acids is 3. The predicted octanol–water partition coefficient (Wildman–Crippen LogP) is 2.93. The molecule has 0 spiro atoms. The molecule has 2 aromatic rings. The maximum atomic E-state index is 12.6. The molecule has 1 fully saturated rings. The zero-order valence-corrected chi connectivity index (χ0v) is 17.0. The van der Waals surface area contributed by atoms with E-state index in [9.17, 15) is 14.4 Å². The second-order valence-electron chi connectivity index (χ2n) is 6.40. The number of halogens is 2. The van der Waals surface area contributed by atoms with Gasteiger partial charge in [0.25, 0.3) is 11.8 Å². The van der Waals surface area contributed by atoms with Crippen LogP contribution in [0, 0.1) is 0 Å². The summed E-state index contributed by atoms with van der Waals surface area (Å²) in [6, 6.07) is 4.60. The van der Waals surface area contributed by atoms with Crippen molar-refractivity contribution >= 4 is 46.8 Å². The Bertz CT molecular complexity index is 904. The lowest BCUT2D eigenvalue weighted by molar-refractivity contribution is 0.0888. The van der Waals surface area contributed by atoms with Crippen LogP contribution in [-0.4, -0.2) is 59.2 Å². The number of nitrogens with one attached hydrogen (secondary N) is 3. The second kappa shape index (κ2) is 9.15. The molecule has 154 valence electrons. The zero-order chi connectivity index (χ0) is 21.0. The first-order chi connectivity index (χ1) is 13.9. The van der Waals surface area contributed by atoms with E-state index in [0.717, 1.165) is 0 Å². The predicted molar refractivity (Wildman–Crippen MR) is 107 cm³/mol. The van der Waals surface area contributed by atoms with Crippen molar-refractivity contribution in [1.82, 2.24) is 20.4 Å². The van der Waals surface area contributed by atoms with Crippen molar-refractivity contribution in [3.8, 4) is 0 Å². The Labute approximate surface area is 176 Å². The number of hydrogen-bond acceptors (Lipinski definition) is 5. The zero-order valence-electron chi connectivity index (χ0n) is 15.5. The monoisotopic (exact) mass is 439 g/mol. The number of hydrogen-bond donors (Lipinski definition) is 3.